The monoisotopic (exact) mass is 477 g/mol. The molecular formula is C27H16BrN3O. The lowest BCUT2D eigenvalue weighted by molar-refractivity contribution is 0.669. The molecule has 0 atom stereocenters. The molecule has 0 saturated carbocycles. The maximum Gasteiger partial charge on any atom is 0.167 e. The second-order valence-electron chi connectivity index (χ2n) is 7.46. The summed E-state index contributed by atoms with van der Waals surface area (Å²) in [6, 6.07) is 32.0. The minimum Gasteiger partial charge on any atom is -0.455 e. The van der Waals surface area contributed by atoms with Crippen LogP contribution in [0.25, 0.3) is 56.1 Å². The molecule has 0 amide bonds. The predicted molar refractivity (Wildman–Crippen MR) is 131 cm³/mol. The lowest BCUT2D eigenvalue weighted by Gasteiger charge is -2.08. The summed E-state index contributed by atoms with van der Waals surface area (Å²) < 4.78 is 7.27. The van der Waals surface area contributed by atoms with Crippen molar-refractivity contribution in [2.24, 2.45) is 0 Å². The molecule has 0 N–H and O–H groups in total. The lowest BCUT2D eigenvalue weighted by Crippen LogP contribution is -2.00. The molecule has 0 spiro atoms. The molecule has 152 valence electrons. The largest absolute Gasteiger partial charge is 0.455 e. The van der Waals surface area contributed by atoms with Crippen LogP contribution in [0.2, 0.25) is 0 Å². The maximum atomic E-state index is 6.26. The van der Waals surface area contributed by atoms with E-state index in [1.54, 1.807) is 0 Å². The number of fused-ring (bicyclic) bond motifs is 3. The van der Waals surface area contributed by atoms with Crippen molar-refractivity contribution in [2.45, 2.75) is 0 Å². The highest BCUT2D eigenvalue weighted by atomic mass is 79.9. The molecule has 2 heterocycles. The van der Waals surface area contributed by atoms with Crippen molar-refractivity contribution in [1.29, 1.82) is 0 Å². The molecule has 5 heteroatoms. The normalized spacial score (nSPS) is 11.3. The Morgan fingerprint density at radius 2 is 1.19 bits per heavy atom. The smallest absolute Gasteiger partial charge is 0.167 e. The number of aromatic nitrogens is 3. The summed E-state index contributed by atoms with van der Waals surface area (Å²) in [7, 11) is 0. The number of benzene rings is 4. The van der Waals surface area contributed by atoms with Gasteiger partial charge in [0, 0.05) is 26.4 Å². The van der Waals surface area contributed by atoms with E-state index < -0.39 is 0 Å². The molecule has 0 bridgehead atoms. The summed E-state index contributed by atoms with van der Waals surface area (Å²) in [4.78, 5) is 14.5. The number of furan rings is 1. The molecule has 0 radical (unpaired) electrons. The average Bonchev–Trinajstić information content (AvgIpc) is 3.23. The van der Waals surface area contributed by atoms with Crippen LogP contribution in [-0.4, -0.2) is 15.0 Å². The molecule has 2 aromatic heterocycles. The van der Waals surface area contributed by atoms with E-state index in [0.717, 1.165) is 43.1 Å². The quantitative estimate of drug-likeness (QED) is 0.264. The summed E-state index contributed by atoms with van der Waals surface area (Å²) in [5.41, 5.74) is 4.32. The molecule has 0 aliphatic heterocycles. The second kappa shape index (κ2) is 7.70. The molecule has 6 rings (SSSR count). The van der Waals surface area contributed by atoms with E-state index in [-0.39, 0.29) is 0 Å². The van der Waals surface area contributed by atoms with Crippen molar-refractivity contribution in [3.05, 3.63) is 102 Å². The molecular weight excluding hydrogens is 462 g/mol. The fourth-order valence-corrected chi connectivity index (χ4v) is 4.24. The van der Waals surface area contributed by atoms with E-state index in [9.17, 15) is 0 Å². The zero-order chi connectivity index (χ0) is 21.5. The van der Waals surface area contributed by atoms with Crippen LogP contribution in [0.1, 0.15) is 0 Å². The Bertz CT molecular complexity index is 1520. The number of halogens is 1. The Hall–Kier alpha value is -3.83. The maximum absolute atomic E-state index is 6.26. The number of rotatable bonds is 3. The van der Waals surface area contributed by atoms with Crippen LogP contribution in [0.5, 0.6) is 0 Å². The highest BCUT2D eigenvalue weighted by Gasteiger charge is 2.17. The third-order valence-electron chi connectivity index (χ3n) is 5.40. The Balaban J connectivity index is 1.63. The molecule has 4 nitrogen and oxygen atoms in total. The van der Waals surface area contributed by atoms with Gasteiger partial charge in [-0.3, -0.25) is 0 Å². The van der Waals surface area contributed by atoms with Crippen molar-refractivity contribution < 1.29 is 4.42 Å². The zero-order valence-corrected chi connectivity index (χ0v) is 18.5. The highest BCUT2D eigenvalue weighted by molar-refractivity contribution is 9.10. The van der Waals surface area contributed by atoms with Crippen LogP contribution in [0, 0.1) is 0 Å². The molecule has 0 unspecified atom stereocenters. The molecule has 4 aromatic carbocycles. The van der Waals surface area contributed by atoms with E-state index in [1.807, 2.05) is 84.9 Å². The van der Waals surface area contributed by atoms with Crippen molar-refractivity contribution in [1.82, 2.24) is 15.0 Å². The van der Waals surface area contributed by atoms with Crippen molar-refractivity contribution in [3.63, 3.8) is 0 Å². The van der Waals surface area contributed by atoms with Crippen molar-refractivity contribution in [2.75, 3.05) is 0 Å². The minimum absolute atomic E-state index is 0.585. The SMILES string of the molecule is Brc1ccc2oc3c(-c4nc(-c5ccccc5)nc(-c5ccccc5)n4)cccc3c2c1. The van der Waals surface area contributed by atoms with Gasteiger partial charge in [0.05, 0.1) is 5.56 Å². The second-order valence-corrected chi connectivity index (χ2v) is 8.38. The van der Waals surface area contributed by atoms with E-state index in [2.05, 4.69) is 28.1 Å². The number of hydrogen-bond acceptors (Lipinski definition) is 4. The van der Waals surface area contributed by atoms with Crippen LogP contribution >= 0.6 is 15.9 Å². The molecule has 0 saturated heterocycles. The van der Waals surface area contributed by atoms with Gasteiger partial charge in [0.25, 0.3) is 0 Å². The highest BCUT2D eigenvalue weighted by Crippen LogP contribution is 2.36. The van der Waals surface area contributed by atoms with E-state index in [0.29, 0.717) is 17.5 Å². The Morgan fingerprint density at radius 3 is 1.84 bits per heavy atom. The molecule has 0 aliphatic carbocycles. The van der Waals surface area contributed by atoms with Gasteiger partial charge in [0.2, 0.25) is 0 Å². The van der Waals surface area contributed by atoms with E-state index in [4.69, 9.17) is 19.4 Å². The van der Waals surface area contributed by atoms with Gasteiger partial charge in [-0.25, -0.2) is 15.0 Å². The molecule has 0 fully saturated rings. The topological polar surface area (TPSA) is 51.8 Å². The van der Waals surface area contributed by atoms with Gasteiger partial charge in [0.15, 0.2) is 17.5 Å². The van der Waals surface area contributed by atoms with Crippen molar-refractivity contribution >= 4 is 37.9 Å². The first-order chi connectivity index (χ1) is 15.8. The van der Waals surface area contributed by atoms with Gasteiger partial charge >= 0.3 is 0 Å². The summed E-state index contributed by atoms with van der Waals surface area (Å²) >= 11 is 3.56. The third kappa shape index (κ3) is 3.27. The Kier molecular flexibility index (Phi) is 4.55. The summed E-state index contributed by atoms with van der Waals surface area (Å²) in [5, 5.41) is 2.08. The molecule has 32 heavy (non-hydrogen) atoms. The first-order valence-corrected chi connectivity index (χ1v) is 11.0. The summed E-state index contributed by atoms with van der Waals surface area (Å²) in [5.74, 6) is 1.84. The Labute approximate surface area is 192 Å². The van der Waals surface area contributed by atoms with Gasteiger partial charge in [-0.05, 0) is 24.3 Å². The van der Waals surface area contributed by atoms with Crippen LogP contribution in [0.4, 0.5) is 0 Å². The summed E-state index contributed by atoms with van der Waals surface area (Å²) in [6.45, 7) is 0. The fourth-order valence-electron chi connectivity index (χ4n) is 3.88. The number of para-hydroxylation sites is 1. The van der Waals surface area contributed by atoms with Crippen LogP contribution < -0.4 is 0 Å². The lowest BCUT2D eigenvalue weighted by atomic mass is 10.1. The molecule has 6 aromatic rings. The fraction of sp³-hybridized carbons (Fsp3) is 0. The minimum atomic E-state index is 0.585. The van der Waals surface area contributed by atoms with Gasteiger partial charge in [-0.15, -0.1) is 0 Å². The number of nitrogens with zero attached hydrogens (tertiary/aromatic N) is 3. The van der Waals surface area contributed by atoms with Crippen LogP contribution in [0.3, 0.4) is 0 Å². The Morgan fingerprint density at radius 1 is 0.562 bits per heavy atom. The van der Waals surface area contributed by atoms with Crippen LogP contribution in [-0.2, 0) is 0 Å². The van der Waals surface area contributed by atoms with Gasteiger partial charge in [-0.2, -0.15) is 0 Å². The zero-order valence-electron chi connectivity index (χ0n) is 16.9. The van der Waals surface area contributed by atoms with Gasteiger partial charge in [-0.1, -0.05) is 88.7 Å². The molecule has 0 aliphatic rings. The standard InChI is InChI=1S/C27H16BrN3O/c28-19-14-15-23-22(16-19)20-12-7-13-21(24(20)32-23)27-30-25(17-8-3-1-4-9-17)29-26(31-27)18-10-5-2-6-11-18/h1-16H. The van der Waals surface area contributed by atoms with Gasteiger partial charge in [0.1, 0.15) is 11.2 Å². The van der Waals surface area contributed by atoms with E-state index in [1.165, 1.54) is 0 Å². The summed E-state index contributed by atoms with van der Waals surface area (Å²) in [6.07, 6.45) is 0. The number of hydrogen-bond donors (Lipinski definition) is 0. The average molecular weight is 478 g/mol. The van der Waals surface area contributed by atoms with Gasteiger partial charge < -0.3 is 4.42 Å². The first kappa shape index (κ1) is 18.9. The van der Waals surface area contributed by atoms with Crippen LogP contribution in [0.15, 0.2) is 106 Å². The third-order valence-corrected chi connectivity index (χ3v) is 5.89. The van der Waals surface area contributed by atoms with Crippen molar-refractivity contribution in [3.8, 4) is 34.2 Å². The first-order valence-electron chi connectivity index (χ1n) is 10.2. The predicted octanol–water partition coefficient (Wildman–Crippen LogP) is 7.53. The van der Waals surface area contributed by atoms with E-state index >= 15 is 0 Å².